The molecular formula is C20H35N3O7Si. The molecule has 10 nitrogen and oxygen atoms in total. The third-order valence-corrected chi connectivity index (χ3v) is 10.5. The largest absolute Gasteiger partial charge is 0.408 e. The van der Waals surface area contributed by atoms with E-state index in [0.29, 0.717) is 5.56 Å². The SMILES string of the molecule is CNC(=O)CO[C@@H]1[C@H](O[Si](C)(C)C(C)(C)C)C([C@H](C)O)O[C@H]1n1cc(C)c(=O)[nH]c1=O. The van der Waals surface area contributed by atoms with E-state index in [9.17, 15) is 19.5 Å². The predicted molar refractivity (Wildman–Crippen MR) is 118 cm³/mol. The van der Waals surface area contributed by atoms with Gasteiger partial charge in [0.1, 0.15) is 24.9 Å². The highest BCUT2D eigenvalue weighted by Crippen LogP contribution is 2.42. The number of aliphatic hydroxyl groups excluding tert-OH is 1. The molecule has 1 saturated heterocycles. The first-order chi connectivity index (χ1) is 14.2. The van der Waals surface area contributed by atoms with Crippen LogP contribution in [0.2, 0.25) is 18.1 Å². The van der Waals surface area contributed by atoms with E-state index < -0.39 is 50.2 Å². The number of aryl methyl sites for hydroxylation is 1. The molecule has 0 spiro atoms. The van der Waals surface area contributed by atoms with Gasteiger partial charge in [-0.15, -0.1) is 0 Å². The van der Waals surface area contributed by atoms with Gasteiger partial charge >= 0.3 is 5.69 Å². The Kier molecular flexibility index (Phi) is 7.70. The van der Waals surface area contributed by atoms with Crippen LogP contribution in [0.4, 0.5) is 0 Å². The van der Waals surface area contributed by atoms with E-state index in [4.69, 9.17) is 13.9 Å². The van der Waals surface area contributed by atoms with Gasteiger partial charge in [0.15, 0.2) is 14.5 Å². The Bertz CT molecular complexity index is 903. The van der Waals surface area contributed by atoms with Gasteiger partial charge in [-0.3, -0.25) is 19.1 Å². The summed E-state index contributed by atoms with van der Waals surface area (Å²) in [6.07, 6.45) is -2.93. The van der Waals surface area contributed by atoms with E-state index in [-0.39, 0.29) is 17.6 Å². The zero-order valence-corrected chi connectivity index (χ0v) is 20.5. The number of carbonyl (C=O) groups excluding carboxylic acids is 1. The zero-order chi connectivity index (χ0) is 23.7. The molecule has 11 heteroatoms. The second-order valence-electron chi connectivity index (χ2n) is 9.50. The Morgan fingerprint density at radius 3 is 2.48 bits per heavy atom. The number of amides is 1. The molecule has 1 unspecified atom stereocenters. The third-order valence-electron chi connectivity index (χ3n) is 6.04. The molecule has 2 heterocycles. The summed E-state index contributed by atoms with van der Waals surface area (Å²) >= 11 is 0. The summed E-state index contributed by atoms with van der Waals surface area (Å²) in [6.45, 7) is 13.2. The molecule has 31 heavy (non-hydrogen) atoms. The van der Waals surface area contributed by atoms with Crippen LogP contribution in [0.25, 0.3) is 0 Å². The number of H-pyrrole nitrogens is 1. The van der Waals surface area contributed by atoms with Gasteiger partial charge in [0, 0.05) is 18.8 Å². The summed E-state index contributed by atoms with van der Waals surface area (Å²) in [5.74, 6) is -0.352. The van der Waals surface area contributed by atoms with E-state index >= 15 is 0 Å². The Morgan fingerprint density at radius 2 is 1.97 bits per heavy atom. The highest BCUT2D eigenvalue weighted by molar-refractivity contribution is 6.74. The maximum atomic E-state index is 12.5. The fourth-order valence-electron chi connectivity index (χ4n) is 3.12. The quantitative estimate of drug-likeness (QED) is 0.512. The topological polar surface area (TPSA) is 132 Å². The van der Waals surface area contributed by atoms with Crippen LogP contribution in [0, 0.1) is 6.92 Å². The minimum atomic E-state index is -2.34. The first-order valence-electron chi connectivity index (χ1n) is 10.3. The van der Waals surface area contributed by atoms with E-state index in [1.807, 2.05) is 0 Å². The molecular weight excluding hydrogens is 422 g/mol. The number of aliphatic hydroxyl groups is 1. The molecule has 176 valence electrons. The Morgan fingerprint density at radius 1 is 1.35 bits per heavy atom. The van der Waals surface area contributed by atoms with Crippen LogP contribution in [0.1, 0.15) is 39.5 Å². The lowest BCUT2D eigenvalue weighted by molar-refractivity contribution is -0.132. The number of aromatic amines is 1. The molecule has 2 rings (SSSR count). The lowest BCUT2D eigenvalue weighted by atomic mass is 10.1. The second kappa shape index (κ2) is 9.37. The first-order valence-corrected chi connectivity index (χ1v) is 13.3. The standard InChI is InChI=1S/C20H35N3O7Si/c1-11-9-23(19(27)22-17(11)26)18-16(28-10-13(25)21-6)15(14(29-18)12(2)24)30-31(7,8)20(3,4)5/h9,12,14-16,18,24H,10H2,1-8H3,(H,21,25)(H,22,26,27)/t12-,14?,15+,16+,18+/m0/s1. The van der Waals surface area contributed by atoms with Gasteiger partial charge in [0.05, 0.1) is 6.10 Å². The number of aromatic nitrogens is 2. The second-order valence-corrected chi connectivity index (χ2v) is 14.3. The Balaban J connectivity index is 2.54. The molecule has 1 aliphatic heterocycles. The molecule has 0 aliphatic carbocycles. The van der Waals surface area contributed by atoms with Crippen LogP contribution in [0.5, 0.6) is 0 Å². The van der Waals surface area contributed by atoms with E-state index in [1.54, 1.807) is 13.8 Å². The van der Waals surface area contributed by atoms with E-state index in [2.05, 4.69) is 44.2 Å². The number of ether oxygens (including phenoxy) is 2. The Labute approximate surface area is 183 Å². The first kappa shape index (κ1) is 25.5. The minimum Gasteiger partial charge on any atom is -0.408 e. The van der Waals surface area contributed by atoms with Gasteiger partial charge < -0.3 is 24.3 Å². The molecule has 0 aromatic carbocycles. The average Bonchev–Trinajstić information content (AvgIpc) is 2.99. The van der Waals surface area contributed by atoms with Crippen LogP contribution in [0.15, 0.2) is 15.8 Å². The smallest absolute Gasteiger partial charge is 0.330 e. The van der Waals surface area contributed by atoms with Gasteiger partial charge in [-0.05, 0) is 32.0 Å². The molecule has 1 aliphatic rings. The molecule has 1 aromatic rings. The van der Waals surface area contributed by atoms with Crippen molar-refractivity contribution in [3.63, 3.8) is 0 Å². The fraction of sp³-hybridized carbons (Fsp3) is 0.750. The van der Waals surface area contributed by atoms with Gasteiger partial charge in [-0.25, -0.2) is 4.79 Å². The summed E-state index contributed by atoms with van der Waals surface area (Å²) < 4.78 is 19.8. The van der Waals surface area contributed by atoms with Crippen LogP contribution >= 0.6 is 0 Å². The summed E-state index contributed by atoms with van der Waals surface area (Å²) in [5, 5.41) is 12.8. The number of nitrogens with zero attached hydrogens (tertiary/aromatic N) is 1. The van der Waals surface area contributed by atoms with Crippen LogP contribution < -0.4 is 16.6 Å². The van der Waals surface area contributed by atoms with Crippen molar-refractivity contribution in [3.05, 3.63) is 32.6 Å². The Hall–Kier alpha value is -1.79. The van der Waals surface area contributed by atoms with Crippen LogP contribution in [-0.4, -0.2) is 67.0 Å². The number of rotatable bonds is 7. The number of hydrogen-bond donors (Lipinski definition) is 3. The molecule has 1 aromatic heterocycles. The maximum Gasteiger partial charge on any atom is 0.330 e. The monoisotopic (exact) mass is 457 g/mol. The third kappa shape index (κ3) is 5.53. The summed E-state index contributed by atoms with van der Waals surface area (Å²) in [7, 11) is -0.852. The zero-order valence-electron chi connectivity index (χ0n) is 19.5. The van der Waals surface area contributed by atoms with Crippen molar-refractivity contribution in [2.45, 2.75) is 83.4 Å². The summed E-state index contributed by atoms with van der Waals surface area (Å²) in [6, 6.07) is 0. The number of hydrogen-bond acceptors (Lipinski definition) is 7. The van der Waals surface area contributed by atoms with Crippen LogP contribution in [-0.2, 0) is 18.7 Å². The average molecular weight is 458 g/mol. The van der Waals surface area contributed by atoms with Crippen LogP contribution in [0.3, 0.4) is 0 Å². The van der Waals surface area contributed by atoms with Crippen molar-refractivity contribution in [1.29, 1.82) is 0 Å². The van der Waals surface area contributed by atoms with Gasteiger partial charge in [0.2, 0.25) is 5.91 Å². The van der Waals surface area contributed by atoms with Crippen molar-refractivity contribution in [3.8, 4) is 0 Å². The van der Waals surface area contributed by atoms with Crippen molar-refractivity contribution in [2.24, 2.45) is 0 Å². The molecule has 3 N–H and O–H groups in total. The van der Waals surface area contributed by atoms with Gasteiger partial charge in [-0.1, -0.05) is 20.8 Å². The van der Waals surface area contributed by atoms with Gasteiger partial charge in [-0.2, -0.15) is 0 Å². The maximum absolute atomic E-state index is 12.5. The predicted octanol–water partition coefficient (Wildman–Crippen LogP) is 0.645. The van der Waals surface area contributed by atoms with Crippen molar-refractivity contribution in [2.75, 3.05) is 13.7 Å². The molecule has 0 bridgehead atoms. The highest BCUT2D eigenvalue weighted by Gasteiger charge is 2.53. The molecule has 0 saturated carbocycles. The van der Waals surface area contributed by atoms with E-state index in [1.165, 1.54) is 17.8 Å². The number of nitrogens with one attached hydrogen (secondary N) is 2. The minimum absolute atomic E-state index is 0.134. The summed E-state index contributed by atoms with van der Waals surface area (Å²) in [4.78, 5) is 38.5. The number of carbonyl (C=O) groups is 1. The van der Waals surface area contributed by atoms with Gasteiger partial charge in [0.25, 0.3) is 5.56 Å². The molecule has 1 fully saturated rings. The summed E-state index contributed by atoms with van der Waals surface area (Å²) in [5.41, 5.74) is -0.856. The number of likely N-dealkylation sites (N-methyl/N-ethyl adjacent to an activating group) is 1. The van der Waals surface area contributed by atoms with Crippen molar-refractivity contribution < 1.29 is 23.8 Å². The van der Waals surface area contributed by atoms with Crippen molar-refractivity contribution >= 4 is 14.2 Å². The highest BCUT2D eigenvalue weighted by atomic mass is 28.4. The normalized spacial score (nSPS) is 25.5. The lowest BCUT2D eigenvalue weighted by Crippen LogP contribution is -2.52. The molecule has 0 radical (unpaired) electrons. The molecule has 5 atom stereocenters. The molecule has 1 amide bonds. The fourth-order valence-corrected chi connectivity index (χ4v) is 4.43. The lowest BCUT2D eigenvalue weighted by Gasteiger charge is -2.40. The van der Waals surface area contributed by atoms with Crippen molar-refractivity contribution in [1.82, 2.24) is 14.9 Å². The van der Waals surface area contributed by atoms with E-state index in [0.717, 1.165) is 0 Å².